The van der Waals surface area contributed by atoms with Gasteiger partial charge in [0, 0.05) is 12.5 Å². The van der Waals surface area contributed by atoms with Crippen molar-refractivity contribution in [1.82, 2.24) is 4.90 Å². The van der Waals surface area contributed by atoms with Crippen LogP contribution in [-0.2, 0) is 6.42 Å². The van der Waals surface area contributed by atoms with E-state index in [0.29, 0.717) is 24.1 Å². The van der Waals surface area contributed by atoms with E-state index < -0.39 is 0 Å². The van der Waals surface area contributed by atoms with E-state index >= 15 is 0 Å². The van der Waals surface area contributed by atoms with Crippen molar-refractivity contribution in [1.29, 1.82) is 0 Å². The van der Waals surface area contributed by atoms with Gasteiger partial charge in [0.1, 0.15) is 5.76 Å². The Morgan fingerprint density at radius 2 is 1.46 bits per heavy atom. The molecule has 1 atom stereocenters. The molecule has 0 saturated carbocycles. The Balaban J connectivity index is 1.51. The highest BCUT2D eigenvalue weighted by molar-refractivity contribution is 6.21. The summed E-state index contributed by atoms with van der Waals surface area (Å²) in [4.78, 5) is 26.4. The summed E-state index contributed by atoms with van der Waals surface area (Å²) < 4.78 is 5.61. The lowest BCUT2D eigenvalue weighted by Crippen LogP contribution is -2.31. The molecule has 0 bridgehead atoms. The van der Waals surface area contributed by atoms with E-state index in [1.165, 1.54) is 10.5 Å². The molecule has 1 aliphatic heterocycles. The number of hydrogen-bond donors (Lipinski definition) is 0. The smallest absolute Gasteiger partial charge is 0.261 e. The number of benzene rings is 2. The molecule has 2 heterocycles. The summed E-state index contributed by atoms with van der Waals surface area (Å²) in [5.74, 6) is 0.578. The molecule has 3 aromatic rings. The zero-order chi connectivity index (χ0) is 17.9. The average molecular weight is 345 g/mol. The van der Waals surface area contributed by atoms with Gasteiger partial charge < -0.3 is 4.42 Å². The second-order valence-electron chi connectivity index (χ2n) is 6.50. The molecule has 4 heteroatoms. The van der Waals surface area contributed by atoms with Crippen LogP contribution in [0.4, 0.5) is 0 Å². The molecule has 1 aliphatic rings. The Hall–Kier alpha value is -3.14. The van der Waals surface area contributed by atoms with Crippen LogP contribution >= 0.6 is 0 Å². The first-order valence-electron chi connectivity index (χ1n) is 8.76. The van der Waals surface area contributed by atoms with Gasteiger partial charge in [-0.2, -0.15) is 0 Å². The Morgan fingerprint density at radius 3 is 2.08 bits per heavy atom. The van der Waals surface area contributed by atoms with Crippen LogP contribution in [0.25, 0.3) is 0 Å². The summed E-state index contributed by atoms with van der Waals surface area (Å²) in [7, 11) is 0. The van der Waals surface area contributed by atoms with Crippen LogP contribution < -0.4 is 0 Å². The molecule has 4 rings (SSSR count). The van der Waals surface area contributed by atoms with Crippen LogP contribution in [-0.4, -0.2) is 23.3 Å². The summed E-state index contributed by atoms with van der Waals surface area (Å²) in [6.45, 7) is 0.380. The van der Waals surface area contributed by atoms with Gasteiger partial charge in [0.15, 0.2) is 0 Å². The number of amides is 2. The maximum Gasteiger partial charge on any atom is 0.261 e. The Bertz CT molecular complexity index is 881. The van der Waals surface area contributed by atoms with E-state index in [0.717, 1.165) is 12.2 Å². The summed E-state index contributed by atoms with van der Waals surface area (Å²) in [5.41, 5.74) is 2.20. The van der Waals surface area contributed by atoms with Crippen LogP contribution in [0.5, 0.6) is 0 Å². The molecule has 0 aliphatic carbocycles. The summed E-state index contributed by atoms with van der Waals surface area (Å²) >= 11 is 0. The highest BCUT2D eigenvalue weighted by Crippen LogP contribution is 2.28. The van der Waals surface area contributed by atoms with Gasteiger partial charge >= 0.3 is 0 Å². The molecule has 0 saturated heterocycles. The minimum Gasteiger partial charge on any atom is -0.469 e. The molecule has 130 valence electrons. The van der Waals surface area contributed by atoms with Gasteiger partial charge in [-0.05, 0) is 42.7 Å². The van der Waals surface area contributed by atoms with Crippen LogP contribution in [0.15, 0.2) is 77.4 Å². The standard InChI is InChI=1S/C22H19NO3/c24-21-18-9-4-5-10-19(18)22(25)23(21)13-12-17(20-11-6-14-26-20)15-16-7-2-1-3-8-16/h1-11,14,17H,12-13,15H2. The first kappa shape index (κ1) is 16.3. The lowest BCUT2D eigenvalue weighted by atomic mass is 9.93. The molecule has 26 heavy (non-hydrogen) atoms. The van der Waals surface area contributed by atoms with Crippen molar-refractivity contribution in [2.45, 2.75) is 18.8 Å². The van der Waals surface area contributed by atoms with Crippen molar-refractivity contribution in [2.75, 3.05) is 6.54 Å². The van der Waals surface area contributed by atoms with Crippen molar-refractivity contribution in [2.24, 2.45) is 0 Å². The minimum absolute atomic E-state index is 0.108. The number of carbonyl (C=O) groups is 2. The van der Waals surface area contributed by atoms with E-state index in [2.05, 4.69) is 12.1 Å². The molecule has 0 spiro atoms. The van der Waals surface area contributed by atoms with Gasteiger partial charge in [0.25, 0.3) is 11.8 Å². The van der Waals surface area contributed by atoms with Gasteiger partial charge in [0.05, 0.1) is 17.4 Å². The quantitative estimate of drug-likeness (QED) is 0.626. The number of hydrogen-bond acceptors (Lipinski definition) is 3. The van der Waals surface area contributed by atoms with Crippen molar-refractivity contribution in [3.8, 4) is 0 Å². The monoisotopic (exact) mass is 345 g/mol. The highest BCUT2D eigenvalue weighted by Gasteiger charge is 2.35. The lowest BCUT2D eigenvalue weighted by Gasteiger charge is -2.19. The normalized spacial score (nSPS) is 14.5. The van der Waals surface area contributed by atoms with Gasteiger partial charge in [-0.25, -0.2) is 0 Å². The fraction of sp³-hybridized carbons (Fsp3) is 0.182. The molecule has 2 amide bonds. The van der Waals surface area contributed by atoms with E-state index in [-0.39, 0.29) is 17.7 Å². The first-order chi connectivity index (χ1) is 12.7. The minimum atomic E-state index is -0.205. The maximum absolute atomic E-state index is 12.5. The Labute approximate surface area is 152 Å². The van der Waals surface area contributed by atoms with Crippen molar-refractivity contribution < 1.29 is 14.0 Å². The number of fused-ring (bicyclic) bond motifs is 1. The van der Waals surface area contributed by atoms with Crippen molar-refractivity contribution >= 4 is 11.8 Å². The summed E-state index contributed by atoms with van der Waals surface area (Å²) in [6.07, 6.45) is 3.13. The molecule has 0 N–H and O–H groups in total. The fourth-order valence-corrected chi connectivity index (χ4v) is 3.49. The van der Waals surface area contributed by atoms with E-state index in [1.807, 2.05) is 30.3 Å². The molecule has 0 radical (unpaired) electrons. The molecule has 0 fully saturated rings. The molecular formula is C22H19NO3. The molecule has 2 aromatic carbocycles. The van der Waals surface area contributed by atoms with Gasteiger partial charge in [-0.1, -0.05) is 42.5 Å². The van der Waals surface area contributed by atoms with Gasteiger partial charge in [-0.3, -0.25) is 14.5 Å². The number of nitrogens with zero attached hydrogens (tertiary/aromatic N) is 1. The van der Waals surface area contributed by atoms with Crippen LogP contribution in [0, 0.1) is 0 Å². The van der Waals surface area contributed by atoms with E-state index in [9.17, 15) is 9.59 Å². The second kappa shape index (κ2) is 7.00. The van der Waals surface area contributed by atoms with Crippen LogP contribution in [0.3, 0.4) is 0 Å². The Kier molecular flexibility index (Phi) is 4.40. The SMILES string of the molecule is O=C1c2ccccc2C(=O)N1CCC(Cc1ccccc1)c1ccco1. The number of furan rings is 1. The largest absolute Gasteiger partial charge is 0.469 e. The molecule has 1 aromatic heterocycles. The second-order valence-corrected chi connectivity index (χ2v) is 6.50. The topological polar surface area (TPSA) is 50.5 Å². The molecular weight excluding hydrogens is 326 g/mol. The third kappa shape index (κ3) is 3.06. The maximum atomic E-state index is 12.5. The van der Waals surface area contributed by atoms with Crippen molar-refractivity contribution in [3.05, 3.63) is 95.4 Å². The van der Waals surface area contributed by atoms with E-state index in [1.54, 1.807) is 30.5 Å². The Morgan fingerprint density at radius 1 is 0.808 bits per heavy atom. The third-order valence-corrected chi connectivity index (χ3v) is 4.85. The van der Waals surface area contributed by atoms with Crippen molar-refractivity contribution in [3.63, 3.8) is 0 Å². The molecule has 4 nitrogen and oxygen atoms in total. The summed E-state index contributed by atoms with van der Waals surface area (Å²) in [6, 6.07) is 21.0. The van der Waals surface area contributed by atoms with Gasteiger partial charge in [0.2, 0.25) is 0 Å². The zero-order valence-corrected chi connectivity index (χ0v) is 14.3. The fourth-order valence-electron chi connectivity index (χ4n) is 3.49. The van der Waals surface area contributed by atoms with Crippen LogP contribution in [0.2, 0.25) is 0 Å². The number of carbonyl (C=O) groups excluding carboxylic acids is 2. The predicted octanol–water partition coefficient (Wildman–Crippen LogP) is 4.29. The van der Waals surface area contributed by atoms with Gasteiger partial charge in [-0.15, -0.1) is 0 Å². The zero-order valence-electron chi connectivity index (χ0n) is 14.3. The highest BCUT2D eigenvalue weighted by atomic mass is 16.3. The third-order valence-electron chi connectivity index (χ3n) is 4.85. The first-order valence-corrected chi connectivity index (χ1v) is 8.76. The van der Waals surface area contributed by atoms with E-state index in [4.69, 9.17) is 4.42 Å². The number of imide groups is 1. The molecule has 1 unspecified atom stereocenters. The lowest BCUT2D eigenvalue weighted by molar-refractivity contribution is 0.0648. The average Bonchev–Trinajstić information content (AvgIpc) is 3.29. The number of rotatable bonds is 6. The van der Waals surface area contributed by atoms with Crippen LogP contribution in [0.1, 0.15) is 44.4 Å². The predicted molar refractivity (Wildman–Crippen MR) is 98.0 cm³/mol. The summed E-state index contributed by atoms with van der Waals surface area (Å²) in [5, 5.41) is 0.